The summed E-state index contributed by atoms with van der Waals surface area (Å²) >= 11 is 0. The molecule has 110 valence electrons. The fraction of sp³-hybridized carbons (Fsp3) is 0.824. The number of hydrogen-bond acceptors (Lipinski definition) is 3. The van der Waals surface area contributed by atoms with Gasteiger partial charge in [0.05, 0.1) is 0 Å². The summed E-state index contributed by atoms with van der Waals surface area (Å²) in [6, 6.07) is 0. The first-order valence-electron chi connectivity index (χ1n) is 8.18. The third-order valence-electron chi connectivity index (χ3n) is 5.79. The summed E-state index contributed by atoms with van der Waals surface area (Å²) in [5.41, 5.74) is 0. The second kappa shape index (κ2) is 5.42. The molecule has 0 aromatic carbocycles. The maximum atomic E-state index is 12.3. The molecule has 0 aromatic heterocycles. The maximum Gasteiger partial charge on any atom is 0.151 e. The summed E-state index contributed by atoms with van der Waals surface area (Å²) in [5.74, 6) is 1.15. The van der Waals surface area contributed by atoms with Crippen LogP contribution in [0.25, 0.3) is 0 Å². The zero-order chi connectivity index (χ0) is 14.3. The van der Waals surface area contributed by atoms with Crippen LogP contribution in [-0.2, 0) is 14.4 Å². The molecule has 0 radical (unpaired) electrons. The Morgan fingerprint density at radius 1 is 1.05 bits per heavy atom. The predicted octanol–water partition coefficient (Wildman–Crippen LogP) is 2.96. The Hall–Kier alpha value is -0.990. The number of fused-ring (bicyclic) bond motifs is 2. The minimum absolute atomic E-state index is 0.0903. The Kier molecular flexibility index (Phi) is 3.78. The van der Waals surface area contributed by atoms with E-state index in [2.05, 4.69) is 0 Å². The highest BCUT2D eigenvalue weighted by Gasteiger charge is 2.48. The van der Waals surface area contributed by atoms with Gasteiger partial charge in [-0.2, -0.15) is 0 Å². The number of ketones is 3. The predicted molar refractivity (Wildman–Crippen MR) is 75.1 cm³/mol. The van der Waals surface area contributed by atoms with Crippen LogP contribution in [0.1, 0.15) is 58.3 Å². The van der Waals surface area contributed by atoms with Gasteiger partial charge in [0, 0.05) is 19.3 Å². The van der Waals surface area contributed by atoms with Gasteiger partial charge in [-0.15, -0.1) is 0 Å². The summed E-state index contributed by atoms with van der Waals surface area (Å²) in [4.78, 5) is 36.4. The van der Waals surface area contributed by atoms with Crippen molar-refractivity contribution in [1.82, 2.24) is 0 Å². The molecule has 3 unspecified atom stereocenters. The third-order valence-corrected chi connectivity index (χ3v) is 5.79. The number of Topliss-reactive ketones (excluding diaryl/α,β-unsaturated/α-hetero) is 3. The standard InChI is InChI=1S/C17H24O3/c1-2-3-14(18)17-15(19)8-12(9-16(17)20)13-7-10-4-5-11(13)6-10/h10-13,17H,2-9H2,1H3. The van der Waals surface area contributed by atoms with Gasteiger partial charge in [0.25, 0.3) is 0 Å². The molecule has 3 atom stereocenters. The molecule has 3 saturated carbocycles. The molecule has 2 bridgehead atoms. The molecule has 3 nitrogen and oxygen atoms in total. The smallest absolute Gasteiger partial charge is 0.151 e. The molecule has 0 heterocycles. The SMILES string of the molecule is CCCC(=O)C1C(=O)CC(C2CC3CCC2C3)CC1=O. The van der Waals surface area contributed by atoms with E-state index in [4.69, 9.17) is 0 Å². The molecular weight excluding hydrogens is 252 g/mol. The molecule has 0 amide bonds. The molecule has 0 saturated heterocycles. The first kappa shape index (κ1) is 14.0. The van der Waals surface area contributed by atoms with Crippen molar-refractivity contribution in [2.24, 2.45) is 29.6 Å². The molecule has 3 rings (SSSR count). The first-order valence-corrected chi connectivity index (χ1v) is 8.18. The summed E-state index contributed by atoms with van der Waals surface area (Å²) in [6.07, 6.45) is 7.16. The maximum absolute atomic E-state index is 12.3. The average molecular weight is 276 g/mol. The number of rotatable bonds is 4. The van der Waals surface area contributed by atoms with Crippen LogP contribution in [0.5, 0.6) is 0 Å². The van der Waals surface area contributed by atoms with Crippen molar-refractivity contribution in [3.63, 3.8) is 0 Å². The third kappa shape index (κ3) is 2.36. The fourth-order valence-corrected chi connectivity index (χ4v) is 4.93. The molecule has 20 heavy (non-hydrogen) atoms. The van der Waals surface area contributed by atoms with E-state index in [1.54, 1.807) is 0 Å². The highest BCUT2D eigenvalue weighted by molar-refractivity contribution is 6.20. The highest BCUT2D eigenvalue weighted by atomic mass is 16.2. The van der Waals surface area contributed by atoms with E-state index in [0.29, 0.717) is 31.6 Å². The van der Waals surface area contributed by atoms with Crippen molar-refractivity contribution in [3.05, 3.63) is 0 Å². The summed E-state index contributed by atoms with van der Waals surface area (Å²) in [5, 5.41) is 0. The minimum Gasteiger partial charge on any atom is -0.298 e. The average Bonchev–Trinajstić information content (AvgIpc) is 3.00. The molecular formula is C17H24O3. The second-order valence-corrected chi connectivity index (χ2v) is 7.09. The zero-order valence-electron chi connectivity index (χ0n) is 12.3. The summed E-state index contributed by atoms with van der Waals surface area (Å²) in [6.45, 7) is 1.91. The van der Waals surface area contributed by atoms with Crippen molar-refractivity contribution >= 4 is 17.3 Å². The molecule has 3 fully saturated rings. The van der Waals surface area contributed by atoms with Crippen molar-refractivity contribution in [2.75, 3.05) is 0 Å². The van der Waals surface area contributed by atoms with E-state index < -0.39 is 5.92 Å². The van der Waals surface area contributed by atoms with E-state index >= 15 is 0 Å². The fourth-order valence-electron chi connectivity index (χ4n) is 4.93. The van der Waals surface area contributed by atoms with Crippen molar-refractivity contribution in [3.8, 4) is 0 Å². The molecule has 3 aliphatic rings. The number of hydrogen-bond donors (Lipinski definition) is 0. The minimum atomic E-state index is -0.912. The molecule has 3 heteroatoms. The Balaban J connectivity index is 1.67. The Bertz CT molecular complexity index is 422. The second-order valence-electron chi connectivity index (χ2n) is 7.09. The lowest BCUT2D eigenvalue weighted by Crippen LogP contribution is -2.41. The van der Waals surface area contributed by atoms with Gasteiger partial charge in [-0.05, 0) is 49.4 Å². The molecule has 0 spiro atoms. The van der Waals surface area contributed by atoms with E-state index in [1.807, 2.05) is 6.92 Å². The van der Waals surface area contributed by atoms with Crippen LogP contribution < -0.4 is 0 Å². The van der Waals surface area contributed by atoms with Crippen LogP contribution in [0.4, 0.5) is 0 Å². The van der Waals surface area contributed by atoms with Crippen LogP contribution >= 0.6 is 0 Å². The van der Waals surface area contributed by atoms with Crippen molar-refractivity contribution < 1.29 is 14.4 Å². The van der Waals surface area contributed by atoms with Gasteiger partial charge in [0.1, 0.15) is 5.92 Å². The lowest BCUT2D eigenvalue weighted by atomic mass is 9.68. The van der Waals surface area contributed by atoms with Gasteiger partial charge in [0.15, 0.2) is 17.3 Å². The van der Waals surface area contributed by atoms with Gasteiger partial charge in [-0.25, -0.2) is 0 Å². The summed E-state index contributed by atoms with van der Waals surface area (Å²) in [7, 11) is 0. The van der Waals surface area contributed by atoms with E-state index in [-0.39, 0.29) is 23.3 Å². The van der Waals surface area contributed by atoms with Crippen LogP contribution in [0.15, 0.2) is 0 Å². The highest BCUT2D eigenvalue weighted by Crippen LogP contribution is 2.53. The van der Waals surface area contributed by atoms with Gasteiger partial charge < -0.3 is 0 Å². The molecule has 0 aliphatic heterocycles. The monoisotopic (exact) mass is 276 g/mol. The lowest BCUT2D eigenvalue weighted by molar-refractivity contribution is -0.144. The van der Waals surface area contributed by atoms with Crippen LogP contribution in [0.3, 0.4) is 0 Å². The van der Waals surface area contributed by atoms with Gasteiger partial charge in [-0.3, -0.25) is 14.4 Å². The molecule has 3 aliphatic carbocycles. The Labute approximate surface area is 120 Å². The van der Waals surface area contributed by atoms with Gasteiger partial charge in [-0.1, -0.05) is 13.3 Å². The molecule has 0 N–H and O–H groups in total. The Morgan fingerprint density at radius 2 is 1.75 bits per heavy atom. The van der Waals surface area contributed by atoms with E-state index in [9.17, 15) is 14.4 Å². The van der Waals surface area contributed by atoms with E-state index in [0.717, 1.165) is 11.8 Å². The summed E-state index contributed by atoms with van der Waals surface area (Å²) < 4.78 is 0. The first-order chi connectivity index (χ1) is 9.60. The van der Waals surface area contributed by atoms with Crippen LogP contribution in [0, 0.1) is 29.6 Å². The quantitative estimate of drug-likeness (QED) is 0.742. The van der Waals surface area contributed by atoms with Gasteiger partial charge >= 0.3 is 0 Å². The van der Waals surface area contributed by atoms with Gasteiger partial charge in [0.2, 0.25) is 0 Å². The van der Waals surface area contributed by atoms with E-state index in [1.165, 1.54) is 25.7 Å². The largest absolute Gasteiger partial charge is 0.298 e. The van der Waals surface area contributed by atoms with Crippen molar-refractivity contribution in [1.29, 1.82) is 0 Å². The van der Waals surface area contributed by atoms with Crippen LogP contribution in [0.2, 0.25) is 0 Å². The van der Waals surface area contributed by atoms with Crippen LogP contribution in [-0.4, -0.2) is 17.3 Å². The Morgan fingerprint density at radius 3 is 2.25 bits per heavy atom. The lowest BCUT2D eigenvalue weighted by Gasteiger charge is -2.34. The normalized spacial score (nSPS) is 40.4. The number of carbonyl (C=O) groups excluding carboxylic acids is 3. The topological polar surface area (TPSA) is 51.2 Å². The molecule has 0 aromatic rings. The zero-order valence-corrected chi connectivity index (χ0v) is 12.3. The van der Waals surface area contributed by atoms with Crippen molar-refractivity contribution in [2.45, 2.75) is 58.3 Å². The number of carbonyl (C=O) groups is 3.